The average molecular weight is 380 g/mol. The third kappa shape index (κ3) is 3.16. The Morgan fingerprint density at radius 3 is 2.89 bits per heavy atom. The van der Waals surface area contributed by atoms with Crippen molar-refractivity contribution in [3.05, 3.63) is 42.7 Å². The Morgan fingerprint density at radius 1 is 1.11 bits per heavy atom. The lowest BCUT2D eigenvalue weighted by atomic mass is 9.84. The van der Waals surface area contributed by atoms with Crippen molar-refractivity contribution in [2.24, 2.45) is 0 Å². The minimum absolute atomic E-state index is 0.110. The molecule has 3 aromatic rings. The molecule has 0 radical (unpaired) electrons. The largest absolute Gasteiger partial charge is 0.507 e. The number of phenolic OH excluding ortho intramolecular Hbond substituents is 1. The summed E-state index contributed by atoms with van der Waals surface area (Å²) in [5.41, 5.74) is 1.11. The molecule has 2 bridgehead atoms. The molecular formula is C21H21FN4O2. The molecule has 7 heteroatoms. The zero-order valence-electron chi connectivity index (χ0n) is 15.3. The van der Waals surface area contributed by atoms with E-state index in [9.17, 15) is 9.50 Å². The van der Waals surface area contributed by atoms with E-state index in [0.717, 1.165) is 30.0 Å². The number of aromatic nitrogens is 3. The number of piperidine rings is 2. The second kappa shape index (κ2) is 6.98. The van der Waals surface area contributed by atoms with Crippen molar-refractivity contribution in [1.82, 2.24) is 20.5 Å². The zero-order valence-corrected chi connectivity index (χ0v) is 15.3. The number of phenols is 1. The van der Waals surface area contributed by atoms with E-state index in [4.69, 9.17) is 4.74 Å². The maximum Gasteiger partial charge on any atom is 0.233 e. The van der Waals surface area contributed by atoms with Crippen LogP contribution >= 0.6 is 0 Å². The number of halogens is 1. The molecular weight excluding hydrogens is 359 g/mol. The van der Waals surface area contributed by atoms with Crippen molar-refractivity contribution < 1.29 is 14.2 Å². The monoisotopic (exact) mass is 380 g/mol. The number of pyridine rings is 1. The summed E-state index contributed by atoms with van der Waals surface area (Å²) in [6.07, 6.45) is 5.46. The minimum atomic E-state index is -1.05. The maximum atomic E-state index is 14.7. The SMILES string of the molecule is Oc1cc2cnccc2cc1-c1ccc(O[C@H]2C[C@@H]3CCC[C@@H](N3)[C@H]2F)nn1. The van der Waals surface area contributed by atoms with Crippen LogP contribution in [0.4, 0.5) is 4.39 Å². The highest BCUT2D eigenvalue weighted by molar-refractivity contribution is 5.89. The number of aromatic hydroxyl groups is 1. The molecule has 2 fully saturated rings. The van der Waals surface area contributed by atoms with E-state index in [2.05, 4.69) is 20.5 Å². The van der Waals surface area contributed by atoms with Crippen LogP contribution in [0, 0.1) is 0 Å². The van der Waals surface area contributed by atoms with E-state index >= 15 is 0 Å². The first kappa shape index (κ1) is 17.3. The van der Waals surface area contributed by atoms with Crippen molar-refractivity contribution in [3.63, 3.8) is 0 Å². The van der Waals surface area contributed by atoms with Crippen LogP contribution in [-0.2, 0) is 0 Å². The zero-order chi connectivity index (χ0) is 19.1. The Labute approximate surface area is 161 Å². The van der Waals surface area contributed by atoms with Crippen LogP contribution in [0.5, 0.6) is 11.6 Å². The predicted octanol–water partition coefficient (Wildman–Crippen LogP) is 3.40. The number of rotatable bonds is 3. The van der Waals surface area contributed by atoms with Crippen LogP contribution < -0.4 is 10.1 Å². The molecule has 2 N–H and O–H groups in total. The van der Waals surface area contributed by atoms with Gasteiger partial charge in [0.2, 0.25) is 5.88 Å². The number of fused-ring (bicyclic) bond motifs is 3. The van der Waals surface area contributed by atoms with Gasteiger partial charge in [-0.2, -0.15) is 0 Å². The van der Waals surface area contributed by atoms with E-state index in [0.29, 0.717) is 29.6 Å². The molecule has 1 aromatic carbocycles. The third-order valence-corrected chi connectivity index (χ3v) is 5.72. The molecule has 28 heavy (non-hydrogen) atoms. The van der Waals surface area contributed by atoms with Gasteiger partial charge in [0, 0.05) is 47.9 Å². The smallest absolute Gasteiger partial charge is 0.233 e. The van der Waals surface area contributed by atoms with Crippen LogP contribution in [0.2, 0.25) is 0 Å². The van der Waals surface area contributed by atoms with Crippen molar-refractivity contribution in [3.8, 4) is 22.9 Å². The van der Waals surface area contributed by atoms with E-state index in [1.54, 1.807) is 30.6 Å². The molecule has 2 aliphatic heterocycles. The lowest BCUT2D eigenvalue weighted by Crippen LogP contribution is -2.59. The molecule has 0 amide bonds. The van der Waals surface area contributed by atoms with Gasteiger partial charge in [0.1, 0.15) is 11.9 Å². The summed E-state index contributed by atoms with van der Waals surface area (Å²) < 4.78 is 20.5. The van der Waals surface area contributed by atoms with E-state index in [-0.39, 0.29) is 11.8 Å². The summed E-state index contributed by atoms with van der Waals surface area (Å²) in [6, 6.07) is 8.98. The summed E-state index contributed by atoms with van der Waals surface area (Å²) >= 11 is 0. The molecule has 4 heterocycles. The molecule has 2 saturated heterocycles. The van der Waals surface area contributed by atoms with Gasteiger partial charge in [0.05, 0.1) is 5.69 Å². The predicted molar refractivity (Wildman–Crippen MR) is 103 cm³/mol. The highest BCUT2D eigenvalue weighted by atomic mass is 19.1. The van der Waals surface area contributed by atoms with E-state index in [1.165, 1.54) is 0 Å². The van der Waals surface area contributed by atoms with Gasteiger partial charge in [-0.25, -0.2) is 4.39 Å². The fraction of sp³-hybridized carbons (Fsp3) is 0.381. The number of hydrogen-bond donors (Lipinski definition) is 2. The molecule has 0 spiro atoms. The highest BCUT2D eigenvalue weighted by Crippen LogP contribution is 2.33. The van der Waals surface area contributed by atoms with Crippen LogP contribution in [-0.4, -0.2) is 44.6 Å². The molecule has 2 aromatic heterocycles. The third-order valence-electron chi connectivity index (χ3n) is 5.72. The first-order valence-corrected chi connectivity index (χ1v) is 9.65. The number of alkyl halides is 1. The van der Waals surface area contributed by atoms with Crippen LogP contribution in [0.15, 0.2) is 42.7 Å². The summed E-state index contributed by atoms with van der Waals surface area (Å²) in [5.74, 6) is 0.416. The van der Waals surface area contributed by atoms with Crippen molar-refractivity contribution in [2.45, 2.75) is 50.0 Å². The molecule has 0 unspecified atom stereocenters. The van der Waals surface area contributed by atoms with Crippen LogP contribution in [0.25, 0.3) is 22.0 Å². The van der Waals surface area contributed by atoms with Gasteiger partial charge in [-0.1, -0.05) is 6.42 Å². The number of nitrogens with zero attached hydrogens (tertiary/aromatic N) is 3. The van der Waals surface area contributed by atoms with Gasteiger partial charge < -0.3 is 15.2 Å². The Morgan fingerprint density at radius 2 is 2.04 bits per heavy atom. The second-order valence-electron chi connectivity index (χ2n) is 7.59. The van der Waals surface area contributed by atoms with Crippen LogP contribution in [0.1, 0.15) is 25.7 Å². The highest BCUT2D eigenvalue weighted by Gasteiger charge is 2.41. The van der Waals surface area contributed by atoms with Gasteiger partial charge in [0.15, 0.2) is 6.17 Å². The standard InChI is InChI=1S/C21H21FN4O2/c22-21-17-3-1-2-14(24-17)10-19(21)28-20-5-4-16(25-26-20)15-8-12-6-7-23-11-13(12)9-18(15)27/h4-9,11,14,17,19,21,24,27H,1-3,10H2/t14-,17+,19-,21+/m0/s1. The number of ether oxygens (including phenoxy) is 1. The second-order valence-corrected chi connectivity index (χ2v) is 7.59. The Hall–Kier alpha value is -2.80. The topological polar surface area (TPSA) is 80.2 Å². The van der Waals surface area contributed by atoms with Crippen molar-refractivity contribution in [2.75, 3.05) is 0 Å². The fourth-order valence-corrected chi connectivity index (χ4v) is 4.28. The molecule has 4 atom stereocenters. The lowest BCUT2D eigenvalue weighted by molar-refractivity contribution is 0.00652. The average Bonchev–Trinajstić information content (AvgIpc) is 2.72. The van der Waals surface area contributed by atoms with Crippen molar-refractivity contribution >= 4 is 10.8 Å². The minimum Gasteiger partial charge on any atom is -0.507 e. The lowest BCUT2D eigenvalue weighted by Gasteiger charge is -2.42. The van der Waals surface area contributed by atoms with Crippen LogP contribution in [0.3, 0.4) is 0 Å². The maximum absolute atomic E-state index is 14.7. The number of benzene rings is 1. The Bertz CT molecular complexity index is 997. The Kier molecular flexibility index (Phi) is 4.31. The summed E-state index contributed by atoms with van der Waals surface area (Å²) in [6.45, 7) is 0. The molecule has 144 valence electrons. The van der Waals surface area contributed by atoms with Gasteiger partial charge in [-0.3, -0.25) is 4.98 Å². The summed E-state index contributed by atoms with van der Waals surface area (Å²) in [5, 5.41) is 23.8. The molecule has 0 saturated carbocycles. The van der Waals surface area contributed by atoms with Gasteiger partial charge in [-0.15, -0.1) is 10.2 Å². The normalized spacial score (nSPS) is 26.9. The first-order chi connectivity index (χ1) is 13.7. The molecule has 2 aliphatic rings. The quantitative estimate of drug-likeness (QED) is 0.725. The Balaban J connectivity index is 1.37. The van der Waals surface area contributed by atoms with E-state index in [1.807, 2.05) is 12.1 Å². The van der Waals surface area contributed by atoms with E-state index < -0.39 is 12.3 Å². The molecule has 5 rings (SSSR count). The summed E-state index contributed by atoms with van der Waals surface area (Å²) in [7, 11) is 0. The fourth-order valence-electron chi connectivity index (χ4n) is 4.28. The van der Waals surface area contributed by atoms with Gasteiger partial charge >= 0.3 is 0 Å². The number of nitrogens with one attached hydrogen (secondary N) is 1. The molecule has 6 nitrogen and oxygen atoms in total. The van der Waals surface area contributed by atoms with Gasteiger partial charge in [0.25, 0.3) is 0 Å². The van der Waals surface area contributed by atoms with Crippen molar-refractivity contribution in [1.29, 1.82) is 0 Å². The molecule has 0 aliphatic carbocycles. The summed E-state index contributed by atoms with van der Waals surface area (Å²) in [4.78, 5) is 4.06. The van der Waals surface area contributed by atoms with Gasteiger partial charge in [-0.05, 0) is 42.5 Å². The first-order valence-electron chi connectivity index (χ1n) is 9.65. The number of hydrogen-bond acceptors (Lipinski definition) is 6.